The van der Waals surface area contributed by atoms with Crippen molar-refractivity contribution >= 4 is 11.7 Å². The number of ether oxygens (including phenoxy) is 2. The third-order valence-electron chi connectivity index (χ3n) is 6.67. The number of nitrogens with zero attached hydrogens (tertiary/aromatic N) is 3. The molecule has 0 spiro atoms. The van der Waals surface area contributed by atoms with Crippen LogP contribution in [0.25, 0.3) is 28.0 Å². The summed E-state index contributed by atoms with van der Waals surface area (Å²) in [6.07, 6.45) is 3.95. The number of pyridine rings is 1. The monoisotopic (exact) mass is 497 g/mol. The van der Waals surface area contributed by atoms with E-state index in [-0.39, 0.29) is 17.6 Å². The summed E-state index contributed by atoms with van der Waals surface area (Å²) >= 11 is 0. The van der Waals surface area contributed by atoms with E-state index in [0.717, 1.165) is 33.8 Å². The SMILES string of the molecule is CC(C)Oc1ccc(-c2cnc3ccc(-c4ccc(C5(C)CN(C(=O)OC(C)(C)C)C5)cc4)cn23)cc1. The van der Waals surface area contributed by atoms with Gasteiger partial charge in [-0.2, -0.15) is 0 Å². The van der Waals surface area contributed by atoms with Gasteiger partial charge in [0.15, 0.2) is 0 Å². The van der Waals surface area contributed by atoms with Crippen molar-refractivity contribution in [2.24, 2.45) is 0 Å². The molecule has 37 heavy (non-hydrogen) atoms. The summed E-state index contributed by atoms with van der Waals surface area (Å²) < 4.78 is 13.4. The molecule has 3 heterocycles. The molecule has 0 bridgehead atoms. The van der Waals surface area contributed by atoms with Crippen LogP contribution >= 0.6 is 0 Å². The molecular formula is C31H35N3O3. The number of carbonyl (C=O) groups excluding carboxylic acids is 1. The maximum absolute atomic E-state index is 12.4. The molecule has 192 valence electrons. The third-order valence-corrected chi connectivity index (χ3v) is 6.67. The number of rotatable bonds is 5. The van der Waals surface area contributed by atoms with Crippen molar-refractivity contribution in [2.75, 3.05) is 13.1 Å². The maximum Gasteiger partial charge on any atom is 0.410 e. The van der Waals surface area contributed by atoms with Crippen molar-refractivity contribution in [2.45, 2.75) is 58.7 Å². The fourth-order valence-corrected chi connectivity index (χ4v) is 4.84. The average molecular weight is 498 g/mol. The molecule has 1 fully saturated rings. The predicted octanol–water partition coefficient (Wildman–Crippen LogP) is 6.96. The Labute approximate surface area is 218 Å². The number of benzene rings is 2. The first kappa shape index (κ1) is 24.9. The van der Waals surface area contributed by atoms with E-state index in [1.165, 1.54) is 5.56 Å². The van der Waals surface area contributed by atoms with Crippen LogP contribution in [-0.4, -0.2) is 45.2 Å². The molecule has 2 aromatic heterocycles. The fraction of sp³-hybridized carbons (Fsp3) is 0.355. The molecule has 0 aliphatic carbocycles. The second-order valence-electron chi connectivity index (χ2n) is 11.5. The van der Waals surface area contributed by atoms with Crippen LogP contribution in [0.15, 0.2) is 73.1 Å². The van der Waals surface area contributed by atoms with E-state index in [1.807, 2.05) is 52.9 Å². The largest absolute Gasteiger partial charge is 0.491 e. The first-order valence-corrected chi connectivity index (χ1v) is 12.8. The number of amides is 1. The summed E-state index contributed by atoms with van der Waals surface area (Å²) in [6, 6.07) is 21.0. The van der Waals surface area contributed by atoms with Crippen LogP contribution < -0.4 is 4.74 Å². The molecule has 6 heteroatoms. The zero-order chi connectivity index (χ0) is 26.4. The van der Waals surface area contributed by atoms with Crippen molar-refractivity contribution in [3.8, 4) is 28.1 Å². The molecule has 0 unspecified atom stereocenters. The second-order valence-corrected chi connectivity index (χ2v) is 11.5. The minimum absolute atomic E-state index is 0.0671. The molecule has 2 aromatic carbocycles. The minimum Gasteiger partial charge on any atom is -0.491 e. The second kappa shape index (κ2) is 9.25. The topological polar surface area (TPSA) is 56.1 Å². The van der Waals surface area contributed by atoms with Crippen LogP contribution in [-0.2, 0) is 10.2 Å². The van der Waals surface area contributed by atoms with Gasteiger partial charge in [-0.05, 0) is 87.7 Å². The Hall–Kier alpha value is -3.80. The van der Waals surface area contributed by atoms with Gasteiger partial charge in [0.1, 0.15) is 17.0 Å². The number of aromatic nitrogens is 2. The van der Waals surface area contributed by atoms with Gasteiger partial charge in [-0.25, -0.2) is 9.78 Å². The highest BCUT2D eigenvalue weighted by molar-refractivity contribution is 5.71. The van der Waals surface area contributed by atoms with E-state index in [9.17, 15) is 4.79 Å². The van der Waals surface area contributed by atoms with Crippen LogP contribution in [0.2, 0.25) is 0 Å². The van der Waals surface area contributed by atoms with Crippen molar-refractivity contribution < 1.29 is 14.3 Å². The molecule has 1 aliphatic rings. The maximum atomic E-state index is 12.4. The summed E-state index contributed by atoms with van der Waals surface area (Å²) in [4.78, 5) is 18.7. The zero-order valence-corrected chi connectivity index (χ0v) is 22.5. The predicted molar refractivity (Wildman–Crippen MR) is 147 cm³/mol. The molecule has 4 aromatic rings. The van der Waals surface area contributed by atoms with E-state index in [2.05, 4.69) is 71.0 Å². The van der Waals surface area contributed by atoms with Crippen LogP contribution in [0, 0.1) is 0 Å². The molecule has 0 N–H and O–H groups in total. The van der Waals surface area contributed by atoms with Gasteiger partial charge in [0, 0.05) is 30.3 Å². The van der Waals surface area contributed by atoms with Gasteiger partial charge in [0.05, 0.1) is 18.0 Å². The Bertz CT molecular complexity index is 1410. The molecular weight excluding hydrogens is 462 g/mol. The highest BCUT2D eigenvalue weighted by Gasteiger charge is 2.44. The Morgan fingerprint density at radius 3 is 2.16 bits per heavy atom. The number of imidazole rings is 1. The smallest absolute Gasteiger partial charge is 0.410 e. The van der Waals surface area contributed by atoms with E-state index in [0.29, 0.717) is 13.1 Å². The quantitative estimate of drug-likeness (QED) is 0.299. The van der Waals surface area contributed by atoms with Gasteiger partial charge in [-0.3, -0.25) is 4.40 Å². The van der Waals surface area contributed by atoms with Gasteiger partial charge in [0.2, 0.25) is 0 Å². The first-order chi connectivity index (χ1) is 17.5. The first-order valence-electron chi connectivity index (χ1n) is 12.8. The van der Waals surface area contributed by atoms with Crippen LogP contribution in [0.5, 0.6) is 5.75 Å². The standard InChI is InChI=1S/C31H35N3O3/c1-21(2)36-26-14-9-23(10-15-26)27-17-32-28-16-11-24(18-34(27)28)22-7-12-25(13-8-22)31(6)19-33(20-31)29(35)37-30(3,4)5/h7-18,21H,19-20H2,1-6H3. The van der Waals surface area contributed by atoms with Crippen LogP contribution in [0.3, 0.4) is 0 Å². The molecule has 0 saturated carbocycles. The van der Waals surface area contributed by atoms with Crippen LogP contribution in [0.4, 0.5) is 4.79 Å². The van der Waals surface area contributed by atoms with Crippen LogP contribution in [0.1, 0.15) is 47.1 Å². The normalized spacial score (nSPS) is 15.1. The molecule has 1 saturated heterocycles. The Kier molecular flexibility index (Phi) is 6.22. The molecule has 1 aliphatic heterocycles. The highest BCUT2D eigenvalue weighted by atomic mass is 16.6. The summed E-state index contributed by atoms with van der Waals surface area (Å²) in [5.41, 5.74) is 5.96. The lowest BCUT2D eigenvalue weighted by Crippen LogP contribution is -2.60. The van der Waals surface area contributed by atoms with Gasteiger partial charge >= 0.3 is 6.09 Å². The average Bonchev–Trinajstić information content (AvgIpc) is 3.24. The number of fused-ring (bicyclic) bond motifs is 1. The molecule has 5 rings (SSSR count). The van der Waals surface area contributed by atoms with Crippen molar-refractivity contribution in [3.63, 3.8) is 0 Å². The molecule has 1 amide bonds. The molecule has 0 radical (unpaired) electrons. The minimum atomic E-state index is -0.480. The fourth-order valence-electron chi connectivity index (χ4n) is 4.84. The lowest BCUT2D eigenvalue weighted by molar-refractivity contribution is -0.00650. The van der Waals surface area contributed by atoms with E-state index < -0.39 is 5.60 Å². The highest BCUT2D eigenvalue weighted by Crippen LogP contribution is 2.36. The van der Waals surface area contributed by atoms with Gasteiger partial charge in [-0.15, -0.1) is 0 Å². The zero-order valence-electron chi connectivity index (χ0n) is 22.5. The van der Waals surface area contributed by atoms with Crippen molar-refractivity contribution in [1.82, 2.24) is 14.3 Å². The van der Waals surface area contributed by atoms with E-state index in [1.54, 1.807) is 4.90 Å². The van der Waals surface area contributed by atoms with Gasteiger partial charge in [0.25, 0.3) is 0 Å². The number of hydrogen-bond donors (Lipinski definition) is 0. The lowest BCUT2D eigenvalue weighted by atomic mass is 9.75. The third kappa shape index (κ3) is 5.19. The molecule has 0 atom stereocenters. The van der Waals surface area contributed by atoms with Gasteiger partial charge in [-0.1, -0.05) is 31.2 Å². The molecule has 6 nitrogen and oxygen atoms in total. The van der Waals surface area contributed by atoms with E-state index >= 15 is 0 Å². The Morgan fingerprint density at radius 2 is 1.54 bits per heavy atom. The van der Waals surface area contributed by atoms with Gasteiger partial charge < -0.3 is 14.4 Å². The van der Waals surface area contributed by atoms with Crippen molar-refractivity contribution in [1.29, 1.82) is 0 Å². The summed E-state index contributed by atoms with van der Waals surface area (Å²) in [5.74, 6) is 0.864. The number of hydrogen-bond acceptors (Lipinski definition) is 4. The summed E-state index contributed by atoms with van der Waals surface area (Å²) in [5, 5.41) is 0. The number of carbonyl (C=O) groups is 1. The Balaban J connectivity index is 1.34. The van der Waals surface area contributed by atoms with Crippen molar-refractivity contribution in [3.05, 3.63) is 78.6 Å². The van der Waals surface area contributed by atoms with E-state index in [4.69, 9.17) is 9.47 Å². The summed E-state index contributed by atoms with van der Waals surface area (Å²) in [6.45, 7) is 13.3. The number of likely N-dealkylation sites (tertiary alicyclic amines) is 1. The Morgan fingerprint density at radius 1 is 0.919 bits per heavy atom. The lowest BCUT2D eigenvalue weighted by Gasteiger charge is -2.48. The summed E-state index contributed by atoms with van der Waals surface area (Å²) in [7, 11) is 0.